The van der Waals surface area contributed by atoms with E-state index < -0.39 is 29.1 Å². The number of carbonyl (C=O) groups is 3. The number of hydrogen-bond acceptors (Lipinski definition) is 5. The third kappa shape index (κ3) is 5.46. The lowest BCUT2D eigenvalue weighted by Crippen LogP contribution is -2.56. The number of anilines is 1. The predicted octanol–water partition coefficient (Wildman–Crippen LogP) is 4.60. The van der Waals surface area contributed by atoms with Crippen LogP contribution in [0.15, 0.2) is 49.6 Å². The fraction of sp³-hybridized carbons (Fsp3) is 0.594. The average molecular weight is 586 g/mol. The van der Waals surface area contributed by atoms with E-state index in [4.69, 9.17) is 16.3 Å². The Morgan fingerprint density at radius 1 is 1.10 bits per heavy atom. The molecule has 3 heterocycles. The number of nitrogens with zero attached hydrogens (tertiary/aromatic N) is 3. The van der Waals surface area contributed by atoms with Crippen LogP contribution in [0.1, 0.15) is 58.8 Å². The van der Waals surface area contributed by atoms with E-state index in [0.29, 0.717) is 62.4 Å². The van der Waals surface area contributed by atoms with Crippen LogP contribution in [0.4, 0.5) is 5.69 Å². The molecule has 3 saturated heterocycles. The normalized spacial score (nSPS) is 28.0. The van der Waals surface area contributed by atoms with Gasteiger partial charge in [0.25, 0.3) is 5.91 Å². The first kappa shape index (κ1) is 31.3. The van der Waals surface area contributed by atoms with E-state index in [9.17, 15) is 19.5 Å². The molecular formula is C32H44ClN3O5. The number of aliphatic hydroxyl groups is 1. The molecule has 1 aromatic rings. The van der Waals surface area contributed by atoms with Crippen molar-refractivity contribution in [3.63, 3.8) is 0 Å². The average Bonchev–Trinajstić information content (AvgIpc) is 3.57. The van der Waals surface area contributed by atoms with Gasteiger partial charge in [-0.3, -0.25) is 14.4 Å². The Morgan fingerprint density at radius 2 is 1.80 bits per heavy atom. The van der Waals surface area contributed by atoms with Crippen LogP contribution in [0.25, 0.3) is 0 Å². The highest BCUT2D eigenvalue weighted by atomic mass is 35.5. The van der Waals surface area contributed by atoms with Crippen LogP contribution in [0.2, 0.25) is 5.02 Å². The van der Waals surface area contributed by atoms with Gasteiger partial charge >= 0.3 is 0 Å². The molecule has 1 N–H and O–H groups in total. The highest BCUT2D eigenvalue weighted by molar-refractivity contribution is 6.30. The first-order valence-corrected chi connectivity index (χ1v) is 15.3. The molecule has 0 saturated carbocycles. The maximum Gasteiger partial charge on any atom is 0.253 e. The zero-order valence-electron chi connectivity index (χ0n) is 24.4. The minimum absolute atomic E-state index is 0.0713. The van der Waals surface area contributed by atoms with Gasteiger partial charge in [-0.25, -0.2) is 0 Å². The monoisotopic (exact) mass is 585 g/mol. The highest BCUT2D eigenvalue weighted by Gasteiger charge is 2.79. The second-order valence-electron chi connectivity index (χ2n) is 11.4. The van der Waals surface area contributed by atoms with Gasteiger partial charge in [-0.15, -0.1) is 13.2 Å². The summed E-state index contributed by atoms with van der Waals surface area (Å²) in [7, 11) is 0. The van der Waals surface area contributed by atoms with Crippen LogP contribution in [0.3, 0.4) is 0 Å². The molecule has 3 aliphatic rings. The molecule has 1 spiro atoms. The van der Waals surface area contributed by atoms with Crippen molar-refractivity contribution in [2.75, 3.05) is 37.7 Å². The van der Waals surface area contributed by atoms with E-state index in [2.05, 4.69) is 13.2 Å². The SMILES string of the molecule is C=CCN(CCC)C(=O)[C@@H]1[C@H]2C(=O)N(CCCCCO)C(C(=O)N(CC=C)c3ccc(Cl)cc3)C23CC[C@@]1(CC)O3. The van der Waals surface area contributed by atoms with Crippen LogP contribution < -0.4 is 4.90 Å². The van der Waals surface area contributed by atoms with Crippen molar-refractivity contribution in [3.8, 4) is 0 Å². The second-order valence-corrected chi connectivity index (χ2v) is 11.9. The summed E-state index contributed by atoms with van der Waals surface area (Å²) in [5, 5.41) is 9.86. The molecule has 41 heavy (non-hydrogen) atoms. The van der Waals surface area contributed by atoms with Crippen LogP contribution >= 0.6 is 11.6 Å². The molecule has 8 nitrogen and oxygen atoms in total. The van der Waals surface area contributed by atoms with Gasteiger partial charge in [0.2, 0.25) is 11.8 Å². The van der Waals surface area contributed by atoms with Crippen molar-refractivity contribution < 1.29 is 24.2 Å². The molecule has 0 aliphatic carbocycles. The van der Waals surface area contributed by atoms with Crippen LogP contribution in [0, 0.1) is 11.8 Å². The van der Waals surface area contributed by atoms with Crippen molar-refractivity contribution in [2.45, 2.75) is 76.0 Å². The Kier molecular flexibility index (Phi) is 9.98. The van der Waals surface area contributed by atoms with E-state index >= 15 is 0 Å². The lowest BCUT2D eigenvalue weighted by molar-refractivity contribution is -0.151. The first-order valence-electron chi connectivity index (χ1n) is 14.9. The Balaban J connectivity index is 1.79. The molecule has 9 heteroatoms. The van der Waals surface area contributed by atoms with Crippen LogP contribution in [0.5, 0.6) is 0 Å². The summed E-state index contributed by atoms with van der Waals surface area (Å²) in [6.45, 7) is 13.4. The van der Waals surface area contributed by atoms with Gasteiger partial charge in [-0.1, -0.05) is 37.6 Å². The summed E-state index contributed by atoms with van der Waals surface area (Å²) in [6.07, 6.45) is 7.85. The molecule has 2 unspecified atom stereocenters. The number of amides is 3. The van der Waals surface area contributed by atoms with Crippen molar-refractivity contribution >= 4 is 35.0 Å². The summed E-state index contributed by atoms with van der Waals surface area (Å²) in [6, 6.07) is 6.15. The number of likely N-dealkylation sites (tertiary alicyclic amines) is 1. The number of carbonyl (C=O) groups excluding carboxylic acids is 3. The van der Waals surface area contributed by atoms with Crippen LogP contribution in [-0.4, -0.2) is 82.7 Å². The molecule has 1 aromatic carbocycles. The minimum Gasteiger partial charge on any atom is -0.396 e. The van der Waals surface area contributed by atoms with E-state index in [0.717, 1.165) is 12.8 Å². The summed E-state index contributed by atoms with van der Waals surface area (Å²) < 4.78 is 6.94. The molecule has 3 amide bonds. The summed E-state index contributed by atoms with van der Waals surface area (Å²) in [5.74, 6) is -1.94. The molecule has 4 rings (SSSR count). The van der Waals surface area contributed by atoms with Gasteiger partial charge in [0.15, 0.2) is 0 Å². The maximum absolute atomic E-state index is 14.6. The number of rotatable bonds is 15. The van der Waals surface area contributed by atoms with Gasteiger partial charge in [0.05, 0.1) is 17.4 Å². The number of fused-ring (bicyclic) bond motifs is 1. The summed E-state index contributed by atoms with van der Waals surface area (Å²) >= 11 is 6.14. The Bertz CT molecular complexity index is 1140. The van der Waals surface area contributed by atoms with Crippen LogP contribution in [-0.2, 0) is 19.1 Å². The Labute approximate surface area is 248 Å². The molecule has 3 fully saturated rings. The molecule has 0 radical (unpaired) electrons. The van der Waals surface area contributed by atoms with E-state index in [1.807, 2.05) is 13.8 Å². The zero-order chi connectivity index (χ0) is 29.8. The fourth-order valence-corrected chi connectivity index (χ4v) is 7.44. The van der Waals surface area contributed by atoms with Crippen molar-refractivity contribution in [1.82, 2.24) is 9.80 Å². The third-order valence-corrected chi connectivity index (χ3v) is 9.36. The molecule has 3 aliphatic heterocycles. The number of aliphatic hydroxyl groups excluding tert-OH is 1. The van der Waals surface area contributed by atoms with Gasteiger partial charge < -0.3 is 24.5 Å². The smallest absolute Gasteiger partial charge is 0.253 e. The number of benzene rings is 1. The van der Waals surface area contributed by atoms with Crippen molar-refractivity contribution in [2.24, 2.45) is 11.8 Å². The van der Waals surface area contributed by atoms with Gasteiger partial charge in [-0.2, -0.15) is 0 Å². The summed E-state index contributed by atoms with van der Waals surface area (Å²) in [4.78, 5) is 48.3. The first-order chi connectivity index (χ1) is 19.7. The van der Waals surface area contributed by atoms with Crippen molar-refractivity contribution in [1.29, 1.82) is 0 Å². The Morgan fingerprint density at radius 3 is 2.41 bits per heavy atom. The van der Waals surface area contributed by atoms with Gasteiger partial charge in [0, 0.05) is 43.5 Å². The minimum atomic E-state index is -1.10. The van der Waals surface area contributed by atoms with E-state index in [-0.39, 0.29) is 30.9 Å². The fourth-order valence-electron chi connectivity index (χ4n) is 7.32. The number of ether oxygens (including phenoxy) is 1. The second kappa shape index (κ2) is 13.1. The topological polar surface area (TPSA) is 90.4 Å². The molecule has 2 bridgehead atoms. The lowest BCUT2D eigenvalue weighted by Gasteiger charge is -2.37. The third-order valence-electron chi connectivity index (χ3n) is 9.11. The quantitative estimate of drug-likeness (QED) is 0.240. The lowest BCUT2D eigenvalue weighted by atomic mass is 9.64. The number of unbranched alkanes of at least 4 members (excludes halogenated alkanes) is 2. The molecular weight excluding hydrogens is 542 g/mol. The van der Waals surface area contributed by atoms with Gasteiger partial charge in [0.1, 0.15) is 11.6 Å². The van der Waals surface area contributed by atoms with Crippen molar-refractivity contribution in [3.05, 3.63) is 54.6 Å². The molecule has 5 atom stereocenters. The zero-order valence-corrected chi connectivity index (χ0v) is 25.2. The van der Waals surface area contributed by atoms with E-state index in [1.54, 1.807) is 51.1 Å². The standard InChI is InChI=1S/C32H44ClN3O5/c1-5-18-34(19-6-2)28(38)25-26-29(39)36(21-10-9-11-22-37)27(32(26)17-16-31(25,8-4)41-32)30(40)35(20-7-3)24-14-12-23(33)13-15-24/h5,7,12-15,25-27,37H,1,3,6,8-11,16-22H2,2,4H3/t25-,26-,27?,31+,32?/m0/s1. The number of halogens is 1. The highest BCUT2D eigenvalue weighted by Crippen LogP contribution is 2.64. The van der Waals surface area contributed by atoms with Gasteiger partial charge in [-0.05, 0) is 69.2 Å². The molecule has 0 aromatic heterocycles. The predicted molar refractivity (Wildman–Crippen MR) is 161 cm³/mol. The number of hydrogen-bond donors (Lipinski definition) is 1. The Hall–Kier alpha value is -2.68. The largest absolute Gasteiger partial charge is 0.396 e. The summed E-state index contributed by atoms with van der Waals surface area (Å²) in [5.41, 5.74) is -1.24. The maximum atomic E-state index is 14.6. The molecule has 224 valence electrons. The van der Waals surface area contributed by atoms with E-state index in [1.165, 1.54) is 0 Å².